The molecule has 0 aliphatic rings. The first-order chi connectivity index (χ1) is 7.85. The number of hydrogen-bond donors (Lipinski definition) is 2. The molecule has 1 rings (SSSR count). The second kappa shape index (κ2) is 5.57. The molecule has 0 radical (unpaired) electrons. The Hall–Kier alpha value is -0.980. The van der Waals surface area contributed by atoms with Crippen molar-refractivity contribution in [3.05, 3.63) is 30.1 Å². The molecular formula is C11H19N3O2S. The molecule has 0 atom stereocenters. The van der Waals surface area contributed by atoms with Crippen LogP contribution in [0.15, 0.2) is 24.4 Å². The van der Waals surface area contributed by atoms with Crippen LogP contribution in [0, 0.1) is 0 Å². The predicted octanol–water partition coefficient (Wildman–Crippen LogP) is 0.281. The third kappa shape index (κ3) is 5.25. The maximum Gasteiger partial charge on any atom is 0.212 e. The van der Waals surface area contributed by atoms with Crippen molar-refractivity contribution in [3.63, 3.8) is 0 Å². The number of hydrogen-bond acceptors (Lipinski definition) is 4. The van der Waals surface area contributed by atoms with Gasteiger partial charge in [0.05, 0.1) is 5.75 Å². The summed E-state index contributed by atoms with van der Waals surface area (Å²) in [4.78, 5) is 4.08. The Morgan fingerprint density at radius 2 is 2.12 bits per heavy atom. The number of sulfonamides is 1. The Morgan fingerprint density at radius 1 is 1.41 bits per heavy atom. The van der Waals surface area contributed by atoms with E-state index in [1.807, 2.05) is 12.1 Å². The van der Waals surface area contributed by atoms with Crippen molar-refractivity contribution in [1.29, 1.82) is 0 Å². The summed E-state index contributed by atoms with van der Waals surface area (Å²) in [5.41, 5.74) is 5.64. The lowest BCUT2D eigenvalue weighted by Crippen LogP contribution is -2.49. The average Bonchev–Trinajstić information content (AvgIpc) is 2.27. The van der Waals surface area contributed by atoms with Gasteiger partial charge in [-0.1, -0.05) is 6.07 Å². The van der Waals surface area contributed by atoms with Crippen molar-refractivity contribution in [3.8, 4) is 0 Å². The zero-order valence-corrected chi connectivity index (χ0v) is 11.0. The highest BCUT2D eigenvalue weighted by Gasteiger charge is 2.22. The molecule has 0 aromatic carbocycles. The second-order valence-corrected chi connectivity index (χ2v) is 6.42. The van der Waals surface area contributed by atoms with Crippen LogP contribution in [0.3, 0.4) is 0 Å². The predicted molar refractivity (Wildman–Crippen MR) is 68.0 cm³/mol. The minimum Gasteiger partial charge on any atom is -0.329 e. The molecule has 0 aliphatic carbocycles. The Kier molecular flexibility index (Phi) is 4.62. The van der Waals surface area contributed by atoms with Crippen LogP contribution in [-0.4, -0.2) is 31.2 Å². The topological polar surface area (TPSA) is 85.1 Å². The SMILES string of the molecule is CC(C)(CN)NS(=O)(=O)CCc1ccccn1. The molecule has 3 N–H and O–H groups in total. The van der Waals surface area contributed by atoms with E-state index in [0.29, 0.717) is 6.42 Å². The van der Waals surface area contributed by atoms with Crippen LogP contribution in [0.4, 0.5) is 0 Å². The van der Waals surface area contributed by atoms with Crippen LogP contribution in [0.2, 0.25) is 0 Å². The minimum absolute atomic E-state index is 0.0213. The smallest absolute Gasteiger partial charge is 0.212 e. The maximum absolute atomic E-state index is 11.8. The Labute approximate surface area is 102 Å². The van der Waals surface area contributed by atoms with E-state index < -0.39 is 15.6 Å². The molecule has 0 aliphatic heterocycles. The van der Waals surface area contributed by atoms with E-state index in [1.165, 1.54) is 0 Å². The average molecular weight is 257 g/mol. The van der Waals surface area contributed by atoms with Crippen molar-refractivity contribution >= 4 is 10.0 Å². The summed E-state index contributed by atoms with van der Waals surface area (Å²) >= 11 is 0. The minimum atomic E-state index is -3.32. The van der Waals surface area contributed by atoms with Gasteiger partial charge in [-0.2, -0.15) is 0 Å². The van der Waals surface area contributed by atoms with Gasteiger partial charge in [0.15, 0.2) is 0 Å². The van der Waals surface area contributed by atoms with Gasteiger partial charge >= 0.3 is 0 Å². The molecule has 0 bridgehead atoms. The molecular weight excluding hydrogens is 238 g/mol. The van der Waals surface area contributed by atoms with Crippen LogP contribution in [0.5, 0.6) is 0 Å². The molecule has 0 fully saturated rings. The number of nitrogens with zero attached hydrogens (tertiary/aromatic N) is 1. The van der Waals surface area contributed by atoms with Gasteiger partial charge in [-0.25, -0.2) is 13.1 Å². The van der Waals surface area contributed by atoms with Gasteiger partial charge < -0.3 is 5.73 Å². The van der Waals surface area contributed by atoms with Gasteiger partial charge in [-0.05, 0) is 26.0 Å². The molecule has 0 saturated heterocycles. The van der Waals surface area contributed by atoms with Gasteiger partial charge in [-0.3, -0.25) is 4.98 Å². The van der Waals surface area contributed by atoms with Crippen LogP contribution in [0.1, 0.15) is 19.5 Å². The van der Waals surface area contributed by atoms with Gasteiger partial charge in [0.25, 0.3) is 0 Å². The van der Waals surface area contributed by atoms with E-state index in [9.17, 15) is 8.42 Å². The molecule has 0 saturated carbocycles. The van der Waals surface area contributed by atoms with Gasteiger partial charge in [0.2, 0.25) is 10.0 Å². The van der Waals surface area contributed by atoms with E-state index in [4.69, 9.17) is 5.73 Å². The molecule has 0 unspecified atom stereocenters. The standard InChI is InChI=1S/C11H19N3O2S/c1-11(2,9-12)14-17(15,16)8-6-10-5-3-4-7-13-10/h3-5,7,14H,6,8-9,12H2,1-2H3. The van der Waals surface area contributed by atoms with Gasteiger partial charge in [-0.15, -0.1) is 0 Å². The lowest BCUT2D eigenvalue weighted by molar-refractivity contribution is 0.462. The van der Waals surface area contributed by atoms with Crippen LogP contribution in [0.25, 0.3) is 0 Å². The Bertz CT molecular complexity index is 443. The molecule has 1 heterocycles. The number of aromatic nitrogens is 1. The van der Waals surface area contributed by atoms with Crippen molar-refractivity contribution in [2.24, 2.45) is 5.73 Å². The number of aryl methyl sites for hydroxylation is 1. The monoisotopic (exact) mass is 257 g/mol. The van der Waals surface area contributed by atoms with E-state index in [-0.39, 0.29) is 12.3 Å². The summed E-state index contributed by atoms with van der Waals surface area (Å²) in [7, 11) is -3.32. The molecule has 17 heavy (non-hydrogen) atoms. The van der Waals surface area contributed by atoms with Gasteiger partial charge in [0, 0.05) is 30.4 Å². The highest BCUT2D eigenvalue weighted by atomic mass is 32.2. The van der Waals surface area contributed by atoms with E-state index >= 15 is 0 Å². The fourth-order valence-electron chi connectivity index (χ4n) is 1.30. The van der Waals surface area contributed by atoms with Crippen molar-refractivity contribution < 1.29 is 8.42 Å². The van der Waals surface area contributed by atoms with Crippen molar-refractivity contribution in [1.82, 2.24) is 9.71 Å². The van der Waals surface area contributed by atoms with Crippen LogP contribution in [-0.2, 0) is 16.4 Å². The molecule has 96 valence electrons. The quantitative estimate of drug-likeness (QED) is 0.766. The summed E-state index contributed by atoms with van der Waals surface area (Å²) in [5, 5.41) is 0. The molecule has 1 aromatic rings. The van der Waals surface area contributed by atoms with Crippen molar-refractivity contribution in [2.45, 2.75) is 25.8 Å². The maximum atomic E-state index is 11.8. The van der Waals surface area contributed by atoms with Crippen LogP contribution >= 0.6 is 0 Å². The first-order valence-electron chi connectivity index (χ1n) is 5.46. The van der Waals surface area contributed by atoms with E-state index in [1.54, 1.807) is 26.1 Å². The largest absolute Gasteiger partial charge is 0.329 e. The number of rotatable bonds is 6. The molecule has 1 aromatic heterocycles. The van der Waals surface area contributed by atoms with Gasteiger partial charge in [0.1, 0.15) is 0 Å². The molecule has 5 nitrogen and oxygen atoms in total. The van der Waals surface area contributed by atoms with E-state index in [0.717, 1.165) is 5.69 Å². The van der Waals surface area contributed by atoms with E-state index in [2.05, 4.69) is 9.71 Å². The number of nitrogens with two attached hydrogens (primary N) is 1. The Balaban J connectivity index is 2.57. The summed E-state index contributed by atoms with van der Waals surface area (Å²) < 4.78 is 26.1. The summed E-state index contributed by atoms with van der Waals surface area (Å²) in [6.07, 6.45) is 2.05. The summed E-state index contributed by atoms with van der Waals surface area (Å²) in [5.74, 6) is 0.0213. The third-order valence-corrected chi connectivity index (χ3v) is 3.90. The third-order valence-electron chi connectivity index (χ3n) is 2.30. The fraction of sp³-hybridized carbons (Fsp3) is 0.545. The first kappa shape index (κ1) is 14.1. The highest BCUT2D eigenvalue weighted by Crippen LogP contribution is 2.04. The Morgan fingerprint density at radius 3 is 2.65 bits per heavy atom. The summed E-state index contributed by atoms with van der Waals surface area (Å²) in [6, 6.07) is 5.45. The second-order valence-electron chi connectivity index (χ2n) is 4.58. The molecule has 0 amide bonds. The lowest BCUT2D eigenvalue weighted by Gasteiger charge is -2.23. The lowest BCUT2D eigenvalue weighted by atomic mass is 10.1. The zero-order valence-electron chi connectivity index (χ0n) is 10.2. The number of pyridine rings is 1. The highest BCUT2D eigenvalue weighted by molar-refractivity contribution is 7.89. The normalized spacial score (nSPS) is 12.6. The summed E-state index contributed by atoms with van der Waals surface area (Å²) in [6.45, 7) is 3.77. The molecule has 6 heteroatoms. The zero-order chi connectivity index (χ0) is 12.9. The fourth-order valence-corrected chi connectivity index (χ4v) is 2.80. The number of nitrogens with one attached hydrogen (secondary N) is 1. The van der Waals surface area contributed by atoms with Crippen molar-refractivity contribution in [2.75, 3.05) is 12.3 Å². The van der Waals surface area contributed by atoms with Crippen LogP contribution < -0.4 is 10.5 Å². The first-order valence-corrected chi connectivity index (χ1v) is 7.11. The molecule has 0 spiro atoms.